The quantitative estimate of drug-likeness (QED) is 0.202. The molecule has 5 heteroatoms. The van der Waals surface area contributed by atoms with Gasteiger partial charge in [0.05, 0.1) is 22.8 Å². The number of hydrogen-bond donors (Lipinski definition) is 0. The van der Waals surface area contributed by atoms with Gasteiger partial charge in [0.25, 0.3) is 0 Å². The Labute approximate surface area is 248 Å². The summed E-state index contributed by atoms with van der Waals surface area (Å²) in [6.45, 7) is 0. The maximum Gasteiger partial charge on any atom is 0.156 e. The number of rotatable bonds is 6. The molecule has 3 nitrogen and oxygen atoms in total. The van der Waals surface area contributed by atoms with Crippen LogP contribution >= 0.6 is 0 Å². The predicted molar refractivity (Wildman–Crippen MR) is 170 cm³/mol. The van der Waals surface area contributed by atoms with Gasteiger partial charge in [0.15, 0.2) is 5.82 Å². The summed E-state index contributed by atoms with van der Waals surface area (Å²) in [7, 11) is 0. The van der Waals surface area contributed by atoms with Crippen molar-refractivity contribution < 1.29 is 8.78 Å². The van der Waals surface area contributed by atoms with Crippen molar-refractivity contribution >= 4 is 28.2 Å². The van der Waals surface area contributed by atoms with Crippen molar-refractivity contribution in [3.05, 3.63) is 163 Å². The Morgan fingerprint density at radius 3 is 1.77 bits per heavy atom. The highest BCUT2D eigenvalue weighted by Crippen LogP contribution is 2.38. The lowest BCUT2D eigenvalue weighted by Crippen LogP contribution is -2.12. The smallest absolute Gasteiger partial charge is 0.156 e. The van der Waals surface area contributed by atoms with Crippen molar-refractivity contribution in [3.63, 3.8) is 0 Å². The molecule has 6 aromatic carbocycles. The summed E-state index contributed by atoms with van der Waals surface area (Å²) in [5.41, 5.74) is 7.55. The van der Waals surface area contributed by atoms with Crippen LogP contribution in [0.5, 0.6) is 0 Å². The molecule has 7 aromatic rings. The first kappa shape index (κ1) is 26.2. The number of hydrogen-bond acceptors (Lipinski definition) is 3. The van der Waals surface area contributed by atoms with E-state index in [1.165, 1.54) is 18.2 Å². The number of fused-ring (bicyclic) bond motifs is 1. The molecule has 0 radical (unpaired) electrons. The molecule has 0 amide bonds. The van der Waals surface area contributed by atoms with Crippen LogP contribution in [0, 0.1) is 11.6 Å². The molecule has 1 heterocycles. The van der Waals surface area contributed by atoms with E-state index in [1.54, 1.807) is 24.4 Å². The lowest BCUT2D eigenvalue weighted by molar-refractivity contribution is 0.589. The Morgan fingerprint density at radius 1 is 0.488 bits per heavy atom. The topological polar surface area (TPSA) is 29.0 Å². The standard InChI is InChI=1S/C38H25F2N3/c39-33-20-11-21-34(40)37(33)28-16-10-19-31(22-28)43(30-17-8-3-9-18-30)36-25-41-38-32(27-14-6-2-7-15-27)23-29(24-35(38)42-36)26-12-4-1-5-13-26/h1-25H. The SMILES string of the molecule is Fc1cccc(F)c1-c1cccc(N(c2ccccc2)c2cnc3c(-c4ccccc4)cc(-c4ccccc4)cc3n2)c1. The van der Waals surface area contributed by atoms with E-state index < -0.39 is 11.6 Å². The number of aromatic nitrogens is 2. The van der Waals surface area contributed by atoms with Crippen LogP contribution in [-0.4, -0.2) is 9.97 Å². The molecule has 1 aromatic heterocycles. The molecule has 0 unspecified atom stereocenters. The third-order valence-corrected chi connectivity index (χ3v) is 7.43. The Bertz CT molecular complexity index is 2030. The summed E-state index contributed by atoms with van der Waals surface area (Å²) < 4.78 is 29.5. The van der Waals surface area contributed by atoms with Gasteiger partial charge in [-0.05, 0) is 70.8 Å². The van der Waals surface area contributed by atoms with Gasteiger partial charge >= 0.3 is 0 Å². The first-order chi connectivity index (χ1) is 21.2. The van der Waals surface area contributed by atoms with Gasteiger partial charge in [0.1, 0.15) is 11.6 Å². The van der Waals surface area contributed by atoms with Gasteiger partial charge < -0.3 is 0 Å². The second-order valence-electron chi connectivity index (χ2n) is 10.2. The molecule has 0 spiro atoms. The molecule has 0 N–H and O–H groups in total. The molecule has 0 aliphatic heterocycles. The summed E-state index contributed by atoms with van der Waals surface area (Å²) in [5, 5.41) is 0. The molecule has 0 saturated heterocycles. The molecule has 0 bridgehead atoms. The van der Waals surface area contributed by atoms with Crippen molar-refractivity contribution in [1.82, 2.24) is 9.97 Å². The maximum absolute atomic E-state index is 14.8. The fourth-order valence-electron chi connectivity index (χ4n) is 5.42. The van der Waals surface area contributed by atoms with E-state index in [9.17, 15) is 8.78 Å². The van der Waals surface area contributed by atoms with Gasteiger partial charge in [0.2, 0.25) is 0 Å². The minimum Gasteiger partial charge on any atom is -0.294 e. The predicted octanol–water partition coefficient (Wildman–Crippen LogP) is 10.4. The molecule has 43 heavy (non-hydrogen) atoms. The monoisotopic (exact) mass is 561 g/mol. The molecule has 7 rings (SSSR count). The number of para-hydroxylation sites is 1. The van der Waals surface area contributed by atoms with Crippen molar-refractivity contribution in [2.45, 2.75) is 0 Å². The molecule has 0 aliphatic carbocycles. The van der Waals surface area contributed by atoms with Crippen LogP contribution in [0.15, 0.2) is 152 Å². The van der Waals surface area contributed by atoms with Gasteiger partial charge in [-0.3, -0.25) is 9.88 Å². The zero-order chi connectivity index (χ0) is 29.2. The van der Waals surface area contributed by atoms with Gasteiger partial charge in [-0.15, -0.1) is 0 Å². The largest absolute Gasteiger partial charge is 0.294 e. The highest BCUT2D eigenvalue weighted by molar-refractivity contribution is 5.96. The summed E-state index contributed by atoms with van der Waals surface area (Å²) in [4.78, 5) is 12.1. The van der Waals surface area contributed by atoms with Crippen LogP contribution in [0.2, 0.25) is 0 Å². The molecular formula is C38H25F2N3. The van der Waals surface area contributed by atoms with Crippen LogP contribution in [0.25, 0.3) is 44.4 Å². The second kappa shape index (κ2) is 11.3. The van der Waals surface area contributed by atoms with Gasteiger partial charge in [-0.25, -0.2) is 13.8 Å². The number of benzene rings is 6. The van der Waals surface area contributed by atoms with E-state index in [1.807, 2.05) is 77.7 Å². The van der Waals surface area contributed by atoms with Crippen molar-refractivity contribution in [1.29, 1.82) is 0 Å². The van der Waals surface area contributed by atoms with Crippen molar-refractivity contribution in [3.8, 4) is 33.4 Å². The average molecular weight is 562 g/mol. The van der Waals surface area contributed by atoms with E-state index in [-0.39, 0.29) is 5.56 Å². The number of anilines is 3. The Hall–Kier alpha value is -5.68. The van der Waals surface area contributed by atoms with Crippen LogP contribution in [-0.2, 0) is 0 Å². The lowest BCUT2D eigenvalue weighted by atomic mass is 9.97. The highest BCUT2D eigenvalue weighted by atomic mass is 19.1. The zero-order valence-corrected chi connectivity index (χ0v) is 23.0. The highest BCUT2D eigenvalue weighted by Gasteiger charge is 2.19. The van der Waals surface area contributed by atoms with E-state index in [2.05, 4.69) is 36.4 Å². The first-order valence-corrected chi connectivity index (χ1v) is 14.0. The molecule has 206 valence electrons. The molecular weight excluding hydrogens is 536 g/mol. The fraction of sp³-hybridized carbons (Fsp3) is 0. The van der Waals surface area contributed by atoms with Gasteiger partial charge in [0, 0.05) is 16.9 Å². The van der Waals surface area contributed by atoms with E-state index >= 15 is 0 Å². The van der Waals surface area contributed by atoms with Gasteiger partial charge in [-0.1, -0.05) is 97.1 Å². The van der Waals surface area contributed by atoms with E-state index in [0.717, 1.165) is 39.0 Å². The van der Waals surface area contributed by atoms with E-state index in [0.29, 0.717) is 17.1 Å². The second-order valence-corrected chi connectivity index (χ2v) is 10.2. The Balaban J connectivity index is 1.43. The van der Waals surface area contributed by atoms with Crippen molar-refractivity contribution in [2.75, 3.05) is 4.90 Å². The number of nitrogens with zero attached hydrogens (tertiary/aromatic N) is 3. The van der Waals surface area contributed by atoms with Crippen LogP contribution in [0.1, 0.15) is 0 Å². The molecule has 0 atom stereocenters. The lowest BCUT2D eigenvalue weighted by Gasteiger charge is -2.25. The van der Waals surface area contributed by atoms with Crippen LogP contribution in [0.3, 0.4) is 0 Å². The number of halogens is 2. The third kappa shape index (κ3) is 5.13. The van der Waals surface area contributed by atoms with Crippen molar-refractivity contribution in [2.24, 2.45) is 0 Å². The van der Waals surface area contributed by atoms with Gasteiger partial charge in [-0.2, -0.15) is 0 Å². The fourth-order valence-corrected chi connectivity index (χ4v) is 5.42. The van der Waals surface area contributed by atoms with Crippen LogP contribution < -0.4 is 4.90 Å². The molecule has 0 fully saturated rings. The minimum atomic E-state index is -0.615. The Morgan fingerprint density at radius 2 is 1.07 bits per heavy atom. The zero-order valence-electron chi connectivity index (χ0n) is 23.0. The summed E-state index contributed by atoms with van der Waals surface area (Å²) in [6.07, 6.45) is 1.75. The summed E-state index contributed by atoms with van der Waals surface area (Å²) >= 11 is 0. The average Bonchev–Trinajstić information content (AvgIpc) is 3.06. The normalized spacial score (nSPS) is 11.0. The summed E-state index contributed by atoms with van der Waals surface area (Å²) in [6, 6.07) is 45.4. The third-order valence-electron chi connectivity index (χ3n) is 7.43. The first-order valence-electron chi connectivity index (χ1n) is 14.0. The molecule has 0 saturated carbocycles. The van der Waals surface area contributed by atoms with Crippen LogP contribution in [0.4, 0.5) is 26.0 Å². The minimum absolute atomic E-state index is 0.0676. The Kier molecular flexibility index (Phi) is 6.89. The summed E-state index contributed by atoms with van der Waals surface area (Å²) in [5.74, 6) is -0.652. The molecule has 0 aliphatic rings. The maximum atomic E-state index is 14.8. The van der Waals surface area contributed by atoms with E-state index in [4.69, 9.17) is 9.97 Å².